The Morgan fingerprint density at radius 3 is 2.29 bits per heavy atom. The van der Waals surface area contributed by atoms with Crippen LogP contribution in [0.3, 0.4) is 0 Å². The maximum absolute atomic E-state index is 13.9. The van der Waals surface area contributed by atoms with Crippen molar-refractivity contribution in [1.82, 2.24) is 0 Å². The molecule has 17 heavy (non-hydrogen) atoms. The van der Waals surface area contributed by atoms with Gasteiger partial charge in [0.1, 0.15) is 5.82 Å². The second kappa shape index (κ2) is 5.29. The standard InChI is InChI=1S/C13H10Br2FN/c14-9-6-4-8(5-7-9)13(17)10-2-1-3-11(15)12(10)16/h1-7,13H,17H2. The molecule has 1 nitrogen and oxygen atoms in total. The Bertz CT molecular complexity index is 525. The van der Waals surface area contributed by atoms with Crippen LogP contribution in [-0.2, 0) is 0 Å². The number of rotatable bonds is 2. The summed E-state index contributed by atoms with van der Waals surface area (Å²) >= 11 is 6.51. The van der Waals surface area contributed by atoms with Crippen LogP contribution in [0.1, 0.15) is 17.2 Å². The van der Waals surface area contributed by atoms with E-state index in [0.29, 0.717) is 10.0 Å². The molecule has 0 amide bonds. The van der Waals surface area contributed by atoms with Crippen molar-refractivity contribution in [3.05, 3.63) is 68.4 Å². The van der Waals surface area contributed by atoms with Gasteiger partial charge in [-0.1, -0.05) is 40.2 Å². The fourth-order valence-electron chi connectivity index (χ4n) is 1.61. The normalized spacial score (nSPS) is 12.5. The summed E-state index contributed by atoms with van der Waals surface area (Å²) < 4.78 is 15.3. The third kappa shape index (κ3) is 2.76. The lowest BCUT2D eigenvalue weighted by atomic mass is 9.99. The van der Waals surface area contributed by atoms with Gasteiger partial charge in [-0.25, -0.2) is 4.39 Å². The summed E-state index contributed by atoms with van der Waals surface area (Å²) in [6.07, 6.45) is 0. The highest BCUT2D eigenvalue weighted by Crippen LogP contribution is 2.27. The Balaban J connectivity index is 2.40. The van der Waals surface area contributed by atoms with Gasteiger partial charge >= 0.3 is 0 Å². The van der Waals surface area contributed by atoms with E-state index in [4.69, 9.17) is 5.73 Å². The predicted octanol–water partition coefficient (Wildman–Crippen LogP) is 4.40. The smallest absolute Gasteiger partial charge is 0.142 e. The van der Waals surface area contributed by atoms with E-state index >= 15 is 0 Å². The average Bonchev–Trinajstić information content (AvgIpc) is 2.33. The largest absolute Gasteiger partial charge is 0.320 e. The first-order valence-electron chi connectivity index (χ1n) is 5.04. The minimum atomic E-state index is -0.458. The molecule has 0 saturated heterocycles. The van der Waals surface area contributed by atoms with Crippen molar-refractivity contribution in [2.24, 2.45) is 5.73 Å². The SMILES string of the molecule is NC(c1ccc(Br)cc1)c1cccc(Br)c1F. The minimum Gasteiger partial charge on any atom is -0.320 e. The molecule has 0 fully saturated rings. The molecule has 0 radical (unpaired) electrons. The molecule has 2 N–H and O–H groups in total. The van der Waals surface area contributed by atoms with E-state index in [1.807, 2.05) is 24.3 Å². The molecule has 4 heteroatoms. The fraction of sp³-hybridized carbons (Fsp3) is 0.0769. The Kier molecular flexibility index (Phi) is 3.97. The molecule has 88 valence electrons. The van der Waals surface area contributed by atoms with Crippen molar-refractivity contribution in [1.29, 1.82) is 0 Å². The van der Waals surface area contributed by atoms with Gasteiger partial charge in [0.2, 0.25) is 0 Å². The number of hydrogen-bond donors (Lipinski definition) is 1. The van der Waals surface area contributed by atoms with Gasteiger partial charge in [0.05, 0.1) is 10.5 Å². The van der Waals surface area contributed by atoms with Crippen LogP contribution in [-0.4, -0.2) is 0 Å². The minimum absolute atomic E-state index is 0.303. The number of hydrogen-bond acceptors (Lipinski definition) is 1. The summed E-state index contributed by atoms with van der Waals surface area (Å²) in [7, 11) is 0. The quantitative estimate of drug-likeness (QED) is 0.845. The van der Waals surface area contributed by atoms with E-state index < -0.39 is 6.04 Å². The van der Waals surface area contributed by atoms with E-state index in [1.54, 1.807) is 18.2 Å². The molecule has 1 atom stereocenters. The monoisotopic (exact) mass is 357 g/mol. The molecule has 0 aliphatic carbocycles. The van der Waals surface area contributed by atoms with Crippen molar-refractivity contribution in [3.63, 3.8) is 0 Å². The number of halogens is 3. The van der Waals surface area contributed by atoms with E-state index in [-0.39, 0.29) is 5.82 Å². The lowest BCUT2D eigenvalue weighted by Crippen LogP contribution is -2.13. The highest BCUT2D eigenvalue weighted by atomic mass is 79.9. The average molecular weight is 359 g/mol. The van der Waals surface area contributed by atoms with Crippen LogP contribution in [0, 0.1) is 5.82 Å². The number of benzene rings is 2. The number of nitrogens with two attached hydrogens (primary N) is 1. The third-order valence-corrected chi connectivity index (χ3v) is 3.69. The third-order valence-electron chi connectivity index (χ3n) is 2.55. The Morgan fingerprint density at radius 2 is 1.65 bits per heavy atom. The molecular weight excluding hydrogens is 349 g/mol. The van der Waals surface area contributed by atoms with E-state index in [2.05, 4.69) is 31.9 Å². The topological polar surface area (TPSA) is 26.0 Å². The zero-order valence-electron chi connectivity index (χ0n) is 8.83. The van der Waals surface area contributed by atoms with Gasteiger partial charge in [-0.05, 0) is 39.7 Å². The second-order valence-corrected chi connectivity index (χ2v) is 5.44. The van der Waals surface area contributed by atoms with Gasteiger partial charge < -0.3 is 5.73 Å². The van der Waals surface area contributed by atoms with Crippen LogP contribution in [0.15, 0.2) is 51.4 Å². The van der Waals surface area contributed by atoms with Crippen LogP contribution in [0.2, 0.25) is 0 Å². The summed E-state index contributed by atoms with van der Waals surface area (Å²) in [6, 6.07) is 12.2. The molecule has 2 aromatic carbocycles. The molecule has 0 saturated carbocycles. The fourth-order valence-corrected chi connectivity index (χ4v) is 2.26. The van der Waals surface area contributed by atoms with Gasteiger partial charge in [0.25, 0.3) is 0 Å². The summed E-state index contributed by atoms with van der Waals surface area (Å²) in [5.41, 5.74) is 7.43. The highest BCUT2D eigenvalue weighted by Gasteiger charge is 2.14. The van der Waals surface area contributed by atoms with Crippen LogP contribution in [0.25, 0.3) is 0 Å². The zero-order chi connectivity index (χ0) is 12.4. The highest BCUT2D eigenvalue weighted by molar-refractivity contribution is 9.10. The molecular formula is C13H10Br2FN. The summed E-state index contributed by atoms with van der Waals surface area (Å²) in [5, 5.41) is 0. The van der Waals surface area contributed by atoms with Crippen molar-refractivity contribution in [2.45, 2.75) is 6.04 Å². The molecule has 0 aromatic heterocycles. The molecule has 1 unspecified atom stereocenters. The summed E-state index contributed by atoms with van der Waals surface area (Å²) in [6.45, 7) is 0. The molecule has 2 aromatic rings. The first-order chi connectivity index (χ1) is 8.09. The van der Waals surface area contributed by atoms with E-state index in [9.17, 15) is 4.39 Å². The van der Waals surface area contributed by atoms with Crippen LogP contribution >= 0.6 is 31.9 Å². The molecule has 2 rings (SSSR count). The Hall–Kier alpha value is -0.710. The van der Waals surface area contributed by atoms with Crippen molar-refractivity contribution < 1.29 is 4.39 Å². The van der Waals surface area contributed by atoms with Crippen molar-refractivity contribution in [2.75, 3.05) is 0 Å². The van der Waals surface area contributed by atoms with Crippen molar-refractivity contribution >= 4 is 31.9 Å². The van der Waals surface area contributed by atoms with Crippen molar-refractivity contribution in [3.8, 4) is 0 Å². The van der Waals surface area contributed by atoms with Gasteiger partial charge in [-0.15, -0.1) is 0 Å². The molecule has 0 aliphatic rings. The summed E-state index contributed by atoms with van der Waals surface area (Å²) in [4.78, 5) is 0. The van der Waals surface area contributed by atoms with E-state index in [0.717, 1.165) is 10.0 Å². The zero-order valence-corrected chi connectivity index (χ0v) is 12.0. The van der Waals surface area contributed by atoms with Crippen LogP contribution in [0.5, 0.6) is 0 Å². The Morgan fingerprint density at radius 1 is 1.00 bits per heavy atom. The summed E-state index contributed by atoms with van der Waals surface area (Å²) in [5.74, 6) is -0.303. The first-order valence-corrected chi connectivity index (χ1v) is 6.63. The lowest BCUT2D eigenvalue weighted by molar-refractivity contribution is 0.593. The molecule has 0 aliphatic heterocycles. The predicted molar refractivity (Wildman–Crippen MR) is 74.3 cm³/mol. The molecule has 0 heterocycles. The second-order valence-electron chi connectivity index (χ2n) is 3.67. The Labute approximate surface area is 116 Å². The van der Waals surface area contributed by atoms with Gasteiger partial charge in [-0.2, -0.15) is 0 Å². The maximum atomic E-state index is 13.9. The van der Waals surface area contributed by atoms with Crippen LogP contribution < -0.4 is 5.73 Å². The lowest BCUT2D eigenvalue weighted by Gasteiger charge is -2.14. The van der Waals surface area contributed by atoms with E-state index in [1.165, 1.54) is 0 Å². The molecule has 0 bridgehead atoms. The first kappa shape index (κ1) is 12.7. The van der Waals surface area contributed by atoms with Gasteiger partial charge in [0.15, 0.2) is 0 Å². The van der Waals surface area contributed by atoms with Crippen LogP contribution in [0.4, 0.5) is 4.39 Å². The maximum Gasteiger partial charge on any atom is 0.142 e. The van der Waals surface area contributed by atoms with Gasteiger partial charge in [0, 0.05) is 10.0 Å². The molecule has 0 spiro atoms. The van der Waals surface area contributed by atoms with Gasteiger partial charge in [-0.3, -0.25) is 0 Å².